The molecule has 2 aromatic heterocycles. The van der Waals surface area contributed by atoms with E-state index in [-0.39, 0.29) is 17.9 Å². The molecule has 3 rings (SSSR count). The normalized spacial score (nSPS) is 22.0. The van der Waals surface area contributed by atoms with Gasteiger partial charge in [0.2, 0.25) is 0 Å². The summed E-state index contributed by atoms with van der Waals surface area (Å²) in [4.78, 5) is 19.8. The van der Waals surface area contributed by atoms with E-state index in [0.29, 0.717) is 11.8 Å². The van der Waals surface area contributed by atoms with Crippen LogP contribution in [-0.4, -0.2) is 44.1 Å². The first kappa shape index (κ1) is 14.8. The summed E-state index contributed by atoms with van der Waals surface area (Å²) in [6.07, 6.45) is 2.68. The fourth-order valence-electron chi connectivity index (χ4n) is 2.52. The molecular formula is C13H14BrN3O3S. The Morgan fingerprint density at radius 1 is 1.67 bits per heavy atom. The molecule has 0 saturated carbocycles. The first-order chi connectivity index (χ1) is 10.1. The van der Waals surface area contributed by atoms with Gasteiger partial charge in [0.05, 0.1) is 17.9 Å². The number of thioether (sulfide) groups is 1. The van der Waals surface area contributed by atoms with E-state index in [1.807, 2.05) is 17.6 Å². The van der Waals surface area contributed by atoms with Crippen molar-refractivity contribution in [2.75, 3.05) is 12.4 Å². The summed E-state index contributed by atoms with van der Waals surface area (Å²) < 4.78 is 8.50. The first-order valence-corrected chi connectivity index (χ1v) is 8.34. The topological polar surface area (TPSA) is 77.2 Å². The van der Waals surface area contributed by atoms with E-state index in [9.17, 15) is 4.79 Å². The highest BCUT2D eigenvalue weighted by molar-refractivity contribution is 9.10. The smallest absolute Gasteiger partial charge is 0.313 e. The molecule has 0 aliphatic carbocycles. The van der Waals surface area contributed by atoms with Gasteiger partial charge >= 0.3 is 5.97 Å². The van der Waals surface area contributed by atoms with Crippen LogP contribution < -0.4 is 0 Å². The molecule has 0 bridgehead atoms. The van der Waals surface area contributed by atoms with Gasteiger partial charge in [-0.15, -0.1) is 0 Å². The zero-order valence-corrected chi connectivity index (χ0v) is 13.7. The number of hydrogen-bond donors (Lipinski definition) is 1. The molecule has 2 atom stereocenters. The van der Waals surface area contributed by atoms with Gasteiger partial charge in [0.1, 0.15) is 5.52 Å². The Hall–Kier alpha value is -1.12. The van der Waals surface area contributed by atoms with E-state index in [4.69, 9.17) is 9.84 Å². The van der Waals surface area contributed by atoms with Crippen molar-refractivity contribution in [1.82, 2.24) is 14.5 Å². The maximum Gasteiger partial charge on any atom is 0.313 e. The van der Waals surface area contributed by atoms with Crippen LogP contribution in [0.25, 0.3) is 11.2 Å². The SMILES string of the molecule is CC1OCCC1n1c(SCC(=O)O)nc2cc(Br)cnc21. The Kier molecular flexibility index (Phi) is 4.19. The van der Waals surface area contributed by atoms with Crippen molar-refractivity contribution in [1.29, 1.82) is 0 Å². The van der Waals surface area contributed by atoms with E-state index in [2.05, 4.69) is 25.9 Å². The van der Waals surface area contributed by atoms with Crippen molar-refractivity contribution in [3.63, 3.8) is 0 Å². The number of halogens is 1. The Morgan fingerprint density at radius 2 is 2.48 bits per heavy atom. The van der Waals surface area contributed by atoms with Gasteiger partial charge in [0, 0.05) is 17.3 Å². The molecular weight excluding hydrogens is 358 g/mol. The molecule has 0 spiro atoms. The average molecular weight is 372 g/mol. The van der Waals surface area contributed by atoms with Crippen LogP contribution >= 0.6 is 27.7 Å². The third-order valence-corrected chi connectivity index (χ3v) is 4.83. The minimum atomic E-state index is -0.858. The molecule has 0 amide bonds. The molecule has 1 saturated heterocycles. The Morgan fingerprint density at radius 3 is 3.14 bits per heavy atom. The lowest BCUT2D eigenvalue weighted by Crippen LogP contribution is -2.18. The fourth-order valence-corrected chi connectivity index (χ4v) is 3.62. The van der Waals surface area contributed by atoms with E-state index >= 15 is 0 Å². The van der Waals surface area contributed by atoms with Crippen molar-refractivity contribution in [3.05, 3.63) is 16.7 Å². The number of carboxylic acid groups (broad SMARTS) is 1. The van der Waals surface area contributed by atoms with Crippen LogP contribution in [0.15, 0.2) is 21.9 Å². The number of pyridine rings is 1. The maximum atomic E-state index is 10.8. The monoisotopic (exact) mass is 371 g/mol. The van der Waals surface area contributed by atoms with Gasteiger partial charge in [-0.05, 0) is 35.3 Å². The third kappa shape index (κ3) is 2.93. The van der Waals surface area contributed by atoms with Gasteiger partial charge in [0.15, 0.2) is 10.8 Å². The van der Waals surface area contributed by atoms with E-state index in [1.165, 1.54) is 11.8 Å². The quantitative estimate of drug-likeness (QED) is 0.832. The number of hydrogen-bond acceptors (Lipinski definition) is 5. The molecule has 2 aromatic rings. The standard InChI is InChI=1S/C13H14BrN3O3S/c1-7-10(2-3-20-7)17-12-9(4-8(14)5-15-12)16-13(17)21-6-11(18)19/h4-5,7,10H,2-3,6H2,1H3,(H,18,19). The molecule has 21 heavy (non-hydrogen) atoms. The Labute approximate surface area is 134 Å². The number of aliphatic carboxylic acids is 1. The number of nitrogens with zero attached hydrogens (tertiary/aromatic N) is 3. The summed E-state index contributed by atoms with van der Waals surface area (Å²) in [5.74, 6) is -0.879. The summed E-state index contributed by atoms with van der Waals surface area (Å²) in [6, 6.07) is 2.03. The van der Waals surface area contributed by atoms with Crippen molar-refractivity contribution >= 4 is 44.8 Å². The molecule has 6 nitrogen and oxygen atoms in total. The summed E-state index contributed by atoms with van der Waals surface area (Å²) in [5, 5.41) is 9.58. The van der Waals surface area contributed by atoms with Gasteiger partial charge in [-0.1, -0.05) is 11.8 Å². The number of ether oxygens (including phenoxy) is 1. The largest absolute Gasteiger partial charge is 0.481 e. The highest BCUT2D eigenvalue weighted by Crippen LogP contribution is 2.34. The van der Waals surface area contributed by atoms with Gasteiger partial charge in [-0.25, -0.2) is 9.97 Å². The average Bonchev–Trinajstić information content (AvgIpc) is 2.98. The Bertz CT molecular complexity index is 691. The number of carboxylic acids is 1. The summed E-state index contributed by atoms with van der Waals surface area (Å²) in [5.41, 5.74) is 1.53. The van der Waals surface area contributed by atoms with E-state index < -0.39 is 5.97 Å². The van der Waals surface area contributed by atoms with Crippen molar-refractivity contribution in [2.24, 2.45) is 0 Å². The zero-order valence-electron chi connectivity index (χ0n) is 11.3. The van der Waals surface area contributed by atoms with E-state index in [0.717, 1.165) is 22.1 Å². The van der Waals surface area contributed by atoms with Gasteiger partial charge < -0.3 is 9.84 Å². The fraction of sp³-hybridized carbons (Fsp3) is 0.462. The zero-order chi connectivity index (χ0) is 15.0. The molecule has 1 fully saturated rings. The summed E-state index contributed by atoms with van der Waals surface area (Å²) >= 11 is 4.60. The molecule has 1 aliphatic heterocycles. The van der Waals surface area contributed by atoms with Crippen LogP contribution in [0.2, 0.25) is 0 Å². The predicted octanol–water partition coefficient (Wildman–Crippen LogP) is 2.72. The van der Waals surface area contributed by atoms with Crippen molar-refractivity contribution < 1.29 is 14.6 Å². The van der Waals surface area contributed by atoms with Gasteiger partial charge in [0.25, 0.3) is 0 Å². The third-order valence-electron chi connectivity index (χ3n) is 3.46. The predicted molar refractivity (Wildman–Crippen MR) is 82.7 cm³/mol. The van der Waals surface area contributed by atoms with Crippen molar-refractivity contribution in [3.8, 4) is 0 Å². The minimum absolute atomic E-state index is 0.0214. The van der Waals surface area contributed by atoms with Crippen LogP contribution in [0.1, 0.15) is 19.4 Å². The second-order valence-corrected chi connectivity index (χ2v) is 6.73. The lowest BCUT2D eigenvalue weighted by Gasteiger charge is -2.18. The van der Waals surface area contributed by atoms with Crippen LogP contribution in [0.4, 0.5) is 0 Å². The molecule has 0 radical (unpaired) electrons. The second kappa shape index (κ2) is 5.94. The van der Waals surface area contributed by atoms with Gasteiger partial charge in [-0.3, -0.25) is 9.36 Å². The highest BCUT2D eigenvalue weighted by atomic mass is 79.9. The van der Waals surface area contributed by atoms with Crippen LogP contribution in [0, 0.1) is 0 Å². The summed E-state index contributed by atoms with van der Waals surface area (Å²) in [7, 11) is 0. The van der Waals surface area contributed by atoms with E-state index in [1.54, 1.807) is 6.20 Å². The molecule has 1 N–H and O–H groups in total. The van der Waals surface area contributed by atoms with Crippen molar-refractivity contribution in [2.45, 2.75) is 30.6 Å². The first-order valence-electron chi connectivity index (χ1n) is 6.56. The van der Waals surface area contributed by atoms with Crippen LogP contribution in [-0.2, 0) is 9.53 Å². The van der Waals surface area contributed by atoms with Crippen LogP contribution in [0.3, 0.4) is 0 Å². The number of imidazole rings is 1. The minimum Gasteiger partial charge on any atom is -0.481 e. The lowest BCUT2D eigenvalue weighted by atomic mass is 10.1. The Balaban J connectivity index is 2.08. The molecule has 0 aromatic carbocycles. The summed E-state index contributed by atoms with van der Waals surface area (Å²) in [6.45, 7) is 2.72. The molecule has 2 unspecified atom stereocenters. The molecule has 8 heteroatoms. The number of carbonyl (C=O) groups is 1. The highest BCUT2D eigenvalue weighted by Gasteiger charge is 2.30. The van der Waals surface area contributed by atoms with Gasteiger partial charge in [-0.2, -0.15) is 0 Å². The number of rotatable bonds is 4. The number of aromatic nitrogens is 3. The number of fused-ring (bicyclic) bond motifs is 1. The molecule has 1 aliphatic rings. The molecule has 3 heterocycles. The molecule has 112 valence electrons. The maximum absolute atomic E-state index is 10.8. The second-order valence-electron chi connectivity index (χ2n) is 4.87. The lowest BCUT2D eigenvalue weighted by molar-refractivity contribution is -0.133. The van der Waals surface area contributed by atoms with Crippen LogP contribution in [0.5, 0.6) is 0 Å².